The van der Waals surface area contributed by atoms with Crippen molar-refractivity contribution in [2.75, 3.05) is 10.8 Å². The van der Waals surface area contributed by atoms with Gasteiger partial charge in [0.25, 0.3) is 10.0 Å². The van der Waals surface area contributed by atoms with Crippen LogP contribution in [0.2, 0.25) is 10.0 Å². The van der Waals surface area contributed by atoms with E-state index in [4.69, 9.17) is 23.2 Å². The number of rotatable bonds is 12. The third kappa shape index (κ3) is 8.29. The molecule has 46 heavy (non-hydrogen) atoms. The summed E-state index contributed by atoms with van der Waals surface area (Å²) < 4.78 is 29.3. The van der Waals surface area contributed by atoms with Crippen LogP contribution in [-0.2, 0) is 32.6 Å². The van der Waals surface area contributed by atoms with Crippen LogP contribution in [0, 0.1) is 6.92 Å². The van der Waals surface area contributed by atoms with Crippen LogP contribution in [0.15, 0.2) is 108 Å². The molecular formula is C36H37Cl2N3O4S. The summed E-state index contributed by atoms with van der Waals surface area (Å²) in [6.45, 7) is 1.29. The Hall–Kier alpha value is -3.85. The highest BCUT2D eigenvalue weighted by Crippen LogP contribution is 2.28. The average molecular weight is 679 g/mol. The Kier molecular flexibility index (Phi) is 11.0. The van der Waals surface area contributed by atoms with Crippen LogP contribution < -0.4 is 9.62 Å². The van der Waals surface area contributed by atoms with Gasteiger partial charge in [0.1, 0.15) is 12.6 Å². The minimum absolute atomic E-state index is 0.0177. The van der Waals surface area contributed by atoms with Crippen LogP contribution in [0.1, 0.15) is 42.4 Å². The minimum atomic E-state index is -4.17. The molecule has 1 aliphatic rings. The molecule has 0 spiro atoms. The van der Waals surface area contributed by atoms with E-state index >= 15 is 0 Å². The van der Waals surface area contributed by atoms with E-state index in [1.54, 1.807) is 54.6 Å². The van der Waals surface area contributed by atoms with Crippen molar-refractivity contribution in [2.45, 2.75) is 62.6 Å². The Morgan fingerprint density at radius 3 is 2.20 bits per heavy atom. The van der Waals surface area contributed by atoms with Crippen molar-refractivity contribution in [2.24, 2.45) is 0 Å². The van der Waals surface area contributed by atoms with Crippen LogP contribution in [0.25, 0.3) is 0 Å². The Balaban J connectivity index is 1.58. The van der Waals surface area contributed by atoms with Gasteiger partial charge in [-0.15, -0.1) is 0 Å². The van der Waals surface area contributed by atoms with Crippen molar-refractivity contribution in [3.05, 3.63) is 130 Å². The molecule has 7 nitrogen and oxygen atoms in total. The lowest BCUT2D eigenvalue weighted by atomic mass is 10.0. The Morgan fingerprint density at radius 2 is 1.54 bits per heavy atom. The molecule has 1 saturated carbocycles. The van der Waals surface area contributed by atoms with E-state index in [1.807, 2.05) is 43.3 Å². The van der Waals surface area contributed by atoms with E-state index in [0.717, 1.165) is 41.1 Å². The molecule has 0 radical (unpaired) electrons. The highest BCUT2D eigenvalue weighted by molar-refractivity contribution is 7.92. The minimum Gasteiger partial charge on any atom is -0.352 e. The molecule has 2 amide bonds. The molecule has 0 bridgehead atoms. The lowest BCUT2D eigenvalue weighted by molar-refractivity contribution is -0.140. The van der Waals surface area contributed by atoms with E-state index in [-0.39, 0.29) is 29.8 Å². The number of carbonyl (C=O) groups is 2. The van der Waals surface area contributed by atoms with Crippen LogP contribution in [0.3, 0.4) is 0 Å². The van der Waals surface area contributed by atoms with E-state index < -0.39 is 28.5 Å². The first kappa shape index (κ1) is 33.5. The Labute approximate surface area is 281 Å². The number of hydrogen-bond acceptors (Lipinski definition) is 4. The molecule has 5 rings (SSSR count). The van der Waals surface area contributed by atoms with Gasteiger partial charge in [0, 0.05) is 29.1 Å². The summed E-state index contributed by atoms with van der Waals surface area (Å²) in [5.41, 5.74) is 2.62. The average Bonchev–Trinajstić information content (AvgIpc) is 3.56. The van der Waals surface area contributed by atoms with Crippen molar-refractivity contribution in [1.29, 1.82) is 0 Å². The quantitative estimate of drug-likeness (QED) is 0.172. The molecule has 0 aromatic heterocycles. The van der Waals surface area contributed by atoms with E-state index in [2.05, 4.69) is 5.32 Å². The highest BCUT2D eigenvalue weighted by atomic mass is 35.5. The number of halogens is 2. The topological polar surface area (TPSA) is 86.8 Å². The predicted molar refractivity (Wildman–Crippen MR) is 183 cm³/mol. The highest BCUT2D eigenvalue weighted by Gasteiger charge is 2.35. The fraction of sp³-hybridized carbons (Fsp3) is 0.278. The maximum absolute atomic E-state index is 14.6. The first-order valence-electron chi connectivity index (χ1n) is 15.3. The van der Waals surface area contributed by atoms with Gasteiger partial charge in [-0.3, -0.25) is 13.9 Å². The molecule has 1 N–H and O–H groups in total. The van der Waals surface area contributed by atoms with Crippen molar-refractivity contribution < 1.29 is 18.0 Å². The number of carbonyl (C=O) groups excluding carboxylic acids is 2. The van der Waals surface area contributed by atoms with E-state index in [0.29, 0.717) is 21.3 Å². The van der Waals surface area contributed by atoms with Gasteiger partial charge in [-0.2, -0.15) is 0 Å². The van der Waals surface area contributed by atoms with E-state index in [1.165, 1.54) is 17.0 Å². The lowest BCUT2D eigenvalue weighted by Gasteiger charge is -2.34. The van der Waals surface area contributed by atoms with Gasteiger partial charge in [0.15, 0.2) is 0 Å². The van der Waals surface area contributed by atoms with Gasteiger partial charge < -0.3 is 10.2 Å². The normalized spacial score (nSPS) is 14.1. The largest absolute Gasteiger partial charge is 0.352 e. The first-order chi connectivity index (χ1) is 22.1. The zero-order chi connectivity index (χ0) is 32.7. The van der Waals surface area contributed by atoms with Gasteiger partial charge in [0.05, 0.1) is 10.6 Å². The standard InChI is InChI=1S/C36H37Cl2N3O4S/c1-26-11-10-16-31(21-26)41(46(44,45)32-17-6-3-7-18-32)25-35(42)40(24-28-19-20-29(37)23-33(28)38)34(22-27-12-4-2-5-13-27)36(43)39-30-14-8-9-15-30/h2-7,10-13,16-21,23,30,34H,8-9,14-15,22,24-25H2,1H3,(H,39,43)/t34-/m0/s1. The summed E-state index contributed by atoms with van der Waals surface area (Å²) >= 11 is 12.8. The maximum atomic E-state index is 14.6. The fourth-order valence-corrected chi connectivity index (χ4v) is 7.68. The number of nitrogens with zero attached hydrogens (tertiary/aromatic N) is 2. The van der Waals surface area contributed by atoms with Crippen LogP contribution in [0.5, 0.6) is 0 Å². The van der Waals surface area contributed by atoms with Crippen molar-refractivity contribution in [1.82, 2.24) is 10.2 Å². The molecule has 0 unspecified atom stereocenters. The van der Waals surface area contributed by atoms with Gasteiger partial charge in [0.2, 0.25) is 11.8 Å². The summed E-state index contributed by atoms with van der Waals surface area (Å²) in [6, 6.07) is 28.5. The number of aryl methyl sites for hydroxylation is 1. The van der Waals surface area contributed by atoms with E-state index in [9.17, 15) is 18.0 Å². The molecule has 1 atom stereocenters. The number of anilines is 1. The second kappa shape index (κ2) is 15.2. The summed E-state index contributed by atoms with van der Waals surface area (Å²) in [5, 5.41) is 3.95. The number of hydrogen-bond donors (Lipinski definition) is 1. The number of nitrogens with one attached hydrogen (secondary N) is 1. The summed E-state index contributed by atoms with van der Waals surface area (Å²) in [5.74, 6) is -0.836. The van der Waals surface area contributed by atoms with Crippen LogP contribution >= 0.6 is 23.2 Å². The van der Waals surface area contributed by atoms with Gasteiger partial charge in [-0.25, -0.2) is 8.42 Å². The van der Waals surface area contributed by atoms with Crippen molar-refractivity contribution in [3.63, 3.8) is 0 Å². The molecule has 0 saturated heterocycles. The van der Waals surface area contributed by atoms with Crippen LogP contribution in [0.4, 0.5) is 5.69 Å². The molecule has 0 heterocycles. The molecule has 10 heteroatoms. The fourth-order valence-electron chi connectivity index (χ4n) is 5.79. The molecular weight excluding hydrogens is 641 g/mol. The Bertz CT molecular complexity index is 1760. The molecule has 1 fully saturated rings. The lowest BCUT2D eigenvalue weighted by Crippen LogP contribution is -2.54. The third-order valence-corrected chi connectivity index (χ3v) is 10.6. The van der Waals surface area contributed by atoms with Crippen molar-refractivity contribution >= 4 is 50.7 Å². The number of amides is 2. The number of benzene rings is 4. The Morgan fingerprint density at radius 1 is 0.870 bits per heavy atom. The molecule has 0 aliphatic heterocycles. The van der Waals surface area contributed by atoms with Gasteiger partial charge in [-0.05, 0) is 72.9 Å². The third-order valence-electron chi connectivity index (χ3n) is 8.23. The second-order valence-electron chi connectivity index (χ2n) is 11.6. The van der Waals surface area contributed by atoms with Gasteiger partial charge >= 0.3 is 0 Å². The first-order valence-corrected chi connectivity index (χ1v) is 17.5. The summed E-state index contributed by atoms with van der Waals surface area (Å²) in [6.07, 6.45) is 4.03. The van der Waals surface area contributed by atoms with Crippen molar-refractivity contribution in [3.8, 4) is 0 Å². The maximum Gasteiger partial charge on any atom is 0.264 e. The van der Waals surface area contributed by atoms with Gasteiger partial charge in [-0.1, -0.05) is 103 Å². The zero-order valence-electron chi connectivity index (χ0n) is 25.6. The smallest absolute Gasteiger partial charge is 0.264 e. The molecule has 4 aromatic carbocycles. The molecule has 4 aromatic rings. The number of sulfonamides is 1. The second-order valence-corrected chi connectivity index (χ2v) is 14.3. The molecule has 1 aliphatic carbocycles. The zero-order valence-corrected chi connectivity index (χ0v) is 27.9. The monoisotopic (exact) mass is 677 g/mol. The predicted octanol–water partition coefficient (Wildman–Crippen LogP) is 7.20. The molecule has 240 valence electrons. The summed E-state index contributed by atoms with van der Waals surface area (Å²) in [7, 11) is -4.17. The van der Waals surface area contributed by atoms with Crippen LogP contribution in [-0.4, -0.2) is 43.8 Å². The SMILES string of the molecule is Cc1cccc(N(CC(=O)N(Cc2ccc(Cl)cc2Cl)[C@@H](Cc2ccccc2)C(=O)NC2CCCC2)S(=O)(=O)c2ccccc2)c1. The summed E-state index contributed by atoms with van der Waals surface area (Å²) in [4.78, 5) is 30.2.